The SMILES string of the molecule is O=C(O)O.[S]=[Mn]. The molecule has 3 nitrogen and oxygen atoms in total. The van der Waals surface area contributed by atoms with E-state index in [1.165, 1.54) is 0 Å². The summed E-state index contributed by atoms with van der Waals surface area (Å²) >= 11 is 2.52. The Morgan fingerprint density at radius 2 is 1.50 bits per heavy atom. The fourth-order valence-electron chi connectivity index (χ4n) is 0. The third kappa shape index (κ3) is 404000. The van der Waals surface area contributed by atoms with Gasteiger partial charge in [0, 0.05) is 0 Å². The van der Waals surface area contributed by atoms with Gasteiger partial charge in [-0.15, -0.1) is 0 Å². The van der Waals surface area contributed by atoms with E-state index in [1.54, 1.807) is 0 Å². The van der Waals surface area contributed by atoms with Crippen molar-refractivity contribution >= 4 is 16.7 Å². The van der Waals surface area contributed by atoms with Gasteiger partial charge in [-0.25, -0.2) is 4.79 Å². The molecule has 0 atom stereocenters. The van der Waals surface area contributed by atoms with Crippen molar-refractivity contribution in [3.05, 3.63) is 0 Å². The minimum absolute atomic E-state index is 1.83. The molecule has 0 aliphatic carbocycles. The molecule has 6 heavy (non-hydrogen) atoms. The second-order valence-electron chi connectivity index (χ2n) is 0.283. The Kier molecular flexibility index (Phi) is 13.9. The van der Waals surface area contributed by atoms with E-state index < -0.39 is 6.16 Å². The molecule has 0 fully saturated rings. The van der Waals surface area contributed by atoms with Crippen LogP contribution in [0.25, 0.3) is 0 Å². The van der Waals surface area contributed by atoms with Crippen LogP contribution in [0.15, 0.2) is 0 Å². The summed E-state index contributed by atoms with van der Waals surface area (Å²) in [6.07, 6.45) is -1.83. The van der Waals surface area contributed by atoms with Gasteiger partial charge in [0.05, 0.1) is 0 Å². The minimum atomic E-state index is -1.83. The zero-order valence-electron chi connectivity index (χ0n) is 2.59. The number of carbonyl (C=O) groups is 1. The average Bonchev–Trinajstić information content (AvgIpc) is 1.41. The maximum absolute atomic E-state index is 8.56. The Morgan fingerprint density at radius 3 is 1.50 bits per heavy atom. The van der Waals surface area contributed by atoms with Crippen LogP contribution in [0, 0.1) is 0 Å². The molecule has 0 aromatic heterocycles. The Balaban J connectivity index is 0. The molecule has 2 N–H and O–H groups in total. The molecule has 0 aliphatic rings. The summed E-state index contributed by atoms with van der Waals surface area (Å²) in [5, 5.41) is 13.9. The first-order valence-electron chi connectivity index (χ1n) is 0.806. The Hall–Kier alpha value is 0.00948. The maximum atomic E-state index is 8.56. The standard InChI is InChI=1S/CH2O3.Mn.S/c2-1(3)4;;/h(H2,2,3,4);;. The molecule has 0 aromatic carbocycles. The molecule has 0 aromatic rings. The van der Waals surface area contributed by atoms with Gasteiger partial charge >= 0.3 is 31.1 Å². The monoisotopic (exact) mass is 149 g/mol. The topological polar surface area (TPSA) is 57.5 Å². The van der Waals surface area contributed by atoms with Crippen LogP contribution in [0.3, 0.4) is 0 Å². The normalized spacial score (nSPS) is 4.67. The van der Waals surface area contributed by atoms with E-state index in [0.717, 1.165) is 0 Å². The first kappa shape index (κ1) is 9.38. The molecule has 0 heterocycles. The van der Waals surface area contributed by atoms with Gasteiger partial charge in [-0.05, 0) is 0 Å². The molecule has 5 heteroatoms. The molecule has 0 unspecified atom stereocenters. The zero-order valence-corrected chi connectivity index (χ0v) is 4.59. The van der Waals surface area contributed by atoms with E-state index in [9.17, 15) is 0 Å². The van der Waals surface area contributed by atoms with Crippen molar-refractivity contribution in [2.75, 3.05) is 0 Å². The number of carboxylic acid groups (broad SMARTS) is 2. The van der Waals surface area contributed by atoms with E-state index in [1.807, 2.05) is 0 Å². The molecule has 0 radical (unpaired) electrons. The van der Waals surface area contributed by atoms with Crippen LogP contribution in [0.1, 0.15) is 0 Å². The summed E-state index contributed by atoms with van der Waals surface area (Å²) in [5.41, 5.74) is 0. The van der Waals surface area contributed by atoms with Crippen molar-refractivity contribution in [1.29, 1.82) is 0 Å². The van der Waals surface area contributed by atoms with Gasteiger partial charge in [-0.2, -0.15) is 0 Å². The van der Waals surface area contributed by atoms with Crippen molar-refractivity contribution in [3.8, 4) is 0 Å². The van der Waals surface area contributed by atoms with E-state index in [4.69, 9.17) is 15.0 Å². The van der Waals surface area contributed by atoms with Gasteiger partial charge < -0.3 is 10.2 Å². The van der Waals surface area contributed by atoms with Crippen LogP contribution < -0.4 is 0 Å². The van der Waals surface area contributed by atoms with E-state index >= 15 is 0 Å². The van der Waals surface area contributed by atoms with Gasteiger partial charge in [0.25, 0.3) is 0 Å². The summed E-state index contributed by atoms with van der Waals surface area (Å²) in [6.45, 7) is 0. The van der Waals surface area contributed by atoms with Gasteiger partial charge in [0.15, 0.2) is 0 Å². The molecule has 0 saturated heterocycles. The molecular formula is CH2MnO3S. The van der Waals surface area contributed by atoms with E-state index in [0.29, 0.717) is 0 Å². The van der Waals surface area contributed by atoms with Gasteiger partial charge in [0.1, 0.15) is 0 Å². The number of rotatable bonds is 0. The number of hydrogen-bond acceptors (Lipinski definition) is 2. The third-order valence-corrected chi connectivity index (χ3v) is 0. The molecule has 37 valence electrons. The molecule has 0 amide bonds. The average molecular weight is 149 g/mol. The van der Waals surface area contributed by atoms with Crippen LogP contribution in [-0.4, -0.2) is 16.4 Å². The molecule has 0 rings (SSSR count). The van der Waals surface area contributed by atoms with Crippen molar-refractivity contribution in [1.82, 2.24) is 0 Å². The Labute approximate surface area is 46.6 Å². The van der Waals surface area contributed by atoms with Crippen LogP contribution in [0.5, 0.6) is 0 Å². The Morgan fingerprint density at radius 1 is 1.50 bits per heavy atom. The molecule has 0 aliphatic heterocycles. The van der Waals surface area contributed by atoms with Crippen molar-refractivity contribution in [2.24, 2.45) is 0 Å². The second kappa shape index (κ2) is 8.89. The van der Waals surface area contributed by atoms with Crippen molar-refractivity contribution in [2.45, 2.75) is 0 Å². The fraction of sp³-hybridized carbons (Fsp3) is 0. The van der Waals surface area contributed by atoms with Crippen LogP contribution >= 0.6 is 10.6 Å². The third-order valence-electron chi connectivity index (χ3n) is 0. The fourth-order valence-corrected chi connectivity index (χ4v) is 0. The zero-order chi connectivity index (χ0) is 5.58. The predicted molar refractivity (Wildman–Crippen MR) is 18.2 cm³/mol. The van der Waals surface area contributed by atoms with Crippen LogP contribution in [-0.2, 0) is 14.4 Å². The second-order valence-corrected chi connectivity index (χ2v) is 0.283. The summed E-state index contributed by atoms with van der Waals surface area (Å²) in [5.74, 6) is 0. The summed E-state index contributed by atoms with van der Waals surface area (Å²) in [4.78, 5) is 8.56. The van der Waals surface area contributed by atoms with Gasteiger partial charge in [0.2, 0.25) is 0 Å². The first-order valence-corrected chi connectivity index (χ1v) is 2.56. The van der Waals surface area contributed by atoms with E-state index in [-0.39, 0.29) is 0 Å². The molecule has 0 bridgehead atoms. The summed E-state index contributed by atoms with van der Waals surface area (Å²) in [7, 11) is 3.90. The van der Waals surface area contributed by atoms with Crippen LogP contribution in [0.2, 0.25) is 0 Å². The summed E-state index contributed by atoms with van der Waals surface area (Å²) in [6, 6.07) is 0. The van der Waals surface area contributed by atoms with Gasteiger partial charge in [-0.3, -0.25) is 0 Å². The predicted octanol–water partition coefficient (Wildman–Crippen LogP) is 0.868. The van der Waals surface area contributed by atoms with Crippen molar-refractivity contribution < 1.29 is 29.4 Å². The van der Waals surface area contributed by atoms with Gasteiger partial charge in [-0.1, -0.05) is 0 Å². The first-order chi connectivity index (χ1) is 2.73. The molecule has 0 spiro atoms. The molecular weight excluding hydrogens is 147 g/mol. The van der Waals surface area contributed by atoms with Crippen molar-refractivity contribution in [3.63, 3.8) is 0 Å². The van der Waals surface area contributed by atoms with Crippen LogP contribution in [0.4, 0.5) is 4.79 Å². The quantitative estimate of drug-likeness (QED) is 0.501. The number of hydrogen-bond donors (Lipinski definition) is 2. The van der Waals surface area contributed by atoms with E-state index in [2.05, 4.69) is 24.9 Å². The molecule has 0 saturated carbocycles. The Bertz CT molecular complexity index is 42.1. The summed E-state index contributed by atoms with van der Waals surface area (Å²) < 4.78 is 0.